The molecular weight excluding hydrogens is 398 g/mol. The summed E-state index contributed by atoms with van der Waals surface area (Å²) >= 11 is 0. The van der Waals surface area contributed by atoms with Gasteiger partial charge in [-0.15, -0.1) is 0 Å². The quantitative estimate of drug-likeness (QED) is 0.491. The molecular formula is C21H16F2N2O5. The number of carbonyl (C=O) groups excluding carboxylic acids is 3. The maximum absolute atomic E-state index is 13.0. The molecule has 7 nitrogen and oxygen atoms in total. The first kappa shape index (κ1) is 19.6. The molecule has 0 aliphatic carbocycles. The molecule has 1 atom stereocenters. The summed E-state index contributed by atoms with van der Waals surface area (Å²) < 4.78 is 34.4. The van der Waals surface area contributed by atoms with E-state index in [1.54, 1.807) is 18.2 Å². The number of urea groups is 1. The summed E-state index contributed by atoms with van der Waals surface area (Å²) in [6, 6.07) is 13.1. The predicted molar refractivity (Wildman–Crippen MR) is 101 cm³/mol. The number of fused-ring (bicyclic) bond motifs is 1. The lowest BCUT2D eigenvalue weighted by molar-refractivity contribution is -0.131. The van der Waals surface area contributed by atoms with E-state index in [0.717, 1.165) is 10.3 Å². The Balaban J connectivity index is 1.53. The number of hydrogen-bond donors (Lipinski definition) is 1. The number of nitrogens with one attached hydrogen (secondary N) is 1. The molecule has 1 aliphatic heterocycles. The second kappa shape index (κ2) is 7.25. The van der Waals surface area contributed by atoms with Gasteiger partial charge in [0.15, 0.2) is 11.3 Å². The summed E-state index contributed by atoms with van der Waals surface area (Å²) in [5.74, 6) is -1.01. The number of carbonyl (C=O) groups is 3. The zero-order chi connectivity index (χ0) is 21.5. The number of amides is 3. The van der Waals surface area contributed by atoms with Gasteiger partial charge in [-0.2, -0.15) is 8.78 Å². The van der Waals surface area contributed by atoms with E-state index < -0.39 is 36.4 Å². The van der Waals surface area contributed by atoms with Crippen molar-refractivity contribution in [2.45, 2.75) is 19.1 Å². The topological polar surface area (TPSA) is 88.8 Å². The number of halogens is 2. The lowest BCUT2D eigenvalue weighted by atomic mass is 9.98. The van der Waals surface area contributed by atoms with Crippen LogP contribution in [0.5, 0.6) is 5.75 Å². The molecule has 9 heteroatoms. The number of nitrogens with zero attached hydrogens (tertiary/aromatic N) is 1. The maximum atomic E-state index is 13.0. The summed E-state index contributed by atoms with van der Waals surface area (Å²) in [5.41, 5.74) is -0.739. The van der Waals surface area contributed by atoms with E-state index in [0.29, 0.717) is 5.58 Å². The fourth-order valence-corrected chi connectivity index (χ4v) is 3.29. The fourth-order valence-electron chi connectivity index (χ4n) is 3.29. The molecule has 0 radical (unpaired) electrons. The second-order valence-electron chi connectivity index (χ2n) is 6.92. The molecule has 3 aromatic rings. The van der Waals surface area contributed by atoms with Gasteiger partial charge in [0.2, 0.25) is 0 Å². The van der Waals surface area contributed by atoms with Crippen LogP contribution in [0.3, 0.4) is 0 Å². The number of hydrogen-bond acceptors (Lipinski definition) is 5. The standard InChI is InChI=1S/C21H16F2N2O5/c1-21(17-10-13-4-2-3-5-16(13)30-17)18(27)25(20(28)24-21)11-15(26)12-6-8-14(9-7-12)29-19(22)23/h2-10,19H,11H2,1H3,(H,24,28). The summed E-state index contributed by atoms with van der Waals surface area (Å²) in [4.78, 5) is 38.7. The van der Waals surface area contributed by atoms with Gasteiger partial charge in [-0.3, -0.25) is 14.5 Å². The fraction of sp³-hybridized carbons (Fsp3) is 0.190. The van der Waals surface area contributed by atoms with Gasteiger partial charge < -0.3 is 14.5 Å². The number of alkyl halides is 2. The maximum Gasteiger partial charge on any atom is 0.387 e. The molecule has 1 fully saturated rings. The highest BCUT2D eigenvalue weighted by molar-refractivity contribution is 6.11. The van der Waals surface area contributed by atoms with E-state index in [1.807, 2.05) is 12.1 Å². The molecule has 1 N–H and O–H groups in total. The van der Waals surface area contributed by atoms with Gasteiger partial charge in [0, 0.05) is 10.9 Å². The van der Waals surface area contributed by atoms with E-state index in [2.05, 4.69) is 10.1 Å². The van der Waals surface area contributed by atoms with Crippen molar-refractivity contribution in [1.29, 1.82) is 0 Å². The van der Waals surface area contributed by atoms with Crippen molar-refractivity contribution in [1.82, 2.24) is 10.2 Å². The van der Waals surface area contributed by atoms with Crippen LogP contribution in [0.4, 0.5) is 13.6 Å². The zero-order valence-electron chi connectivity index (χ0n) is 15.7. The number of ether oxygens (including phenoxy) is 1. The number of ketones is 1. The molecule has 30 heavy (non-hydrogen) atoms. The summed E-state index contributed by atoms with van der Waals surface area (Å²) in [6.45, 7) is -1.98. The van der Waals surface area contributed by atoms with Gasteiger partial charge in [-0.1, -0.05) is 18.2 Å². The highest BCUT2D eigenvalue weighted by Crippen LogP contribution is 2.33. The molecule has 3 amide bonds. The Hall–Kier alpha value is -3.75. The monoisotopic (exact) mass is 414 g/mol. The van der Waals surface area contributed by atoms with Crippen LogP contribution in [0, 0.1) is 0 Å². The van der Waals surface area contributed by atoms with Gasteiger partial charge in [0.1, 0.15) is 17.1 Å². The Bertz CT molecular complexity index is 1110. The minimum atomic E-state index is -2.98. The lowest BCUT2D eigenvalue weighted by Crippen LogP contribution is -2.41. The van der Waals surface area contributed by atoms with Gasteiger partial charge in [-0.05, 0) is 43.3 Å². The first-order chi connectivity index (χ1) is 14.3. The molecule has 0 saturated carbocycles. The van der Waals surface area contributed by atoms with Crippen LogP contribution in [0.25, 0.3) is 11.0 Å². The first-order valence-corrected chi connectivity index (χ1v) is 8.99. The molecule has 1 unspecified atom stereocenters. The normalized spacial score (nSPS) is 18.9. The number of benzene rings is 2. The highest BCUT2D eigenvalue weighted by atomic mass is 19.3. The third-order valence-electron chi connectivity index (χ3n) is 4.90. The van der Waals surface area contributed by atoms with Crippen LogP contribution in [0.1, 0.15) is 23.0 Å². The van der Waals surface area contributed by atoms with Crippen LogP contribution in [0.2, 0.25) is 0 Å². The van der Waals surface area contributed by atoms with Crippen LogP contribution in [0.15, 0.2) is 59.0 Å². The molecule has 1 aliphatic rings. The van der Waals surface area contributed by atoms with Crippen molar-refractivity contribution < 1.29 is 32.3 Å². The molecule has 0 bridgehead atoms. The SMILES string of the molecule is CC1(c2cc3ccccc3o2)NC(=O)N(CC(=O)c2ccc(OC(F)F)cc2)C1=O. The van der Waals surface area contributed by atoms with Crippen molar-refractivity contribution in [3.63, 3.8) is 0 Å². The Morgan fingerprint density at radius 3 is 2.53 bits per heavy atom. The predicted octanol–water partition coefficient (Wildman–Crippen LogP) is 3.68. The Morgan fingerprint density at radius 1 is 1.17 bits per heavy atom. The van der Waals surface area contributed by atoms with Crippen molar-refractivity contribution >= 4 is 28.7 Å². The van der Waals surface area contributed by atoms with Crippen molar-refractivity contribution in [2.24, 2.45) is 0 Å². The average molecular weight is 414 g/mol. The van der Waals surface area contributed by atoms with Crippen LogP contribution >= 0.6 is 0 Å². The molecule has 1 aromatic heterocycles. The molecule has 1 saturated heterocycles. The smallest absolute Gasteiger partial charge is 0.387 e. The number of furan rings is 1. The van der Waals surface area contributed by atoms with Gasteiger partial charge in [0.25, 0.3) is 5.91 Å². The average Bonchev–Trinajstić information content (AvgIpc) is 3.24. The number of imide groups is 1. The van der Waals surface area contributed by atoms with E-state index in [9.17, 15) is 23.2 Å². The van der Waals surface area contributed by atoms with Crippen LogP contribution < -0.4 is 10.1 Å². The molecule has 4 rings (SSSR count). The zero-order valence-corrected chi connectivity index (χ0v) is 15.7. The van der Waals surface area contributed by atoms with Crippen LogP contribution in [-0.2, 0) is 10.3 Å². The molecule has 2 heterocycles. The number of para-hydroxylation sites is 1. The minimum Gasteiger partial charge on any atom is -0.458 e. The third kappa shape index (κ3) is 3.38. The lowest BCUT2D eigenvalue weighted by Gasteiger charge is -2.18. The van der Waals surface area contributed by atoms with Gasteiger partial charge >= 0.3 is 12.6 Å². The molecule has 2 aromatic carbocycles. The van der Waals surface area contributed by atoms with E-state index >= 15 is 0 Å². The van der Waals surface area contributed by atoms with E-state index in [1.165, 1.54) is 31.2 Å². The molecule has 0 spiro atoms. The highest BCUT2D eigenvalue weighted by Gasteiger charge is 2.51. The van der Waals surface area contributed by atoms with Gasteiger partial charge in [0.05, 0.1) is 6.54 Å². The van der Waals surface area contributed by atoms with Crippen LogP contribution in [-0.4, -0.2) is 35.8 Å². The van der Waals surface area contributed by atoms with Crippen molar-refractivity contribution in [3.05, 3.63) is 65.9 Å². The van der Waals surface area contributed by atoms with Crippen molar-refractivity contribution in [2.75, 3.05) is 6.54 Å². The largest absolute Gasteiger partial charge is 0.458 e. The molecule has 154 valence electrons. The first-order valence-electron chi connectivity index (χ1n) is 8.99. The minimum absolute atomic E-state index is 0.103. The Labute approximate surface area is 169 Å². The Kier molecular flexibility index (Phi) is 4.73. The van der Waals surface area contributed by atoms with Crippen molar-refractivity contribution in [3.8, 4) is 5.75 Å². The van der Waals surface area contributed by atoms with E-state index in [-0.39, 0.29) is 17.1 Å². The third-order valence-corrected chi connectivity index (χ3v) is 4.90. The number of Topliss-reactive ketones (excluding diaryl/α,β-unsaturated/α-hetero) is 1. The second-order valence-corrected chi connectivity index (χ2v) is 6.92. The summed E-state index contributed by atoms with van der Waals surface area (Å²) in [7, 11) is 0. The summed E-state index contributed by atoms with van der Waals surface area (Å²) in [5, 5.41) is 3.36. The summed E-state index contributed by atoms with van der Waals surface area (Å²) in [6.07, 6.45) is 0. The Morgan fingerprint density at radius 2 is 1.87 bits per heavy atom. The van der Waals surface area contributed by atoms with E-state index in [4.69, 9.17) is 4.42 Å². The van der Waals surface area contributed by atoms with Gasteiger partial charge in [-0.25, -0.2) is 4.79 Å². The number of rotatable bonds is 6.